The number of aromatic nitrogens is 4. The molecule has 0 saturated carbocycles. The second-order valence-corrected chi connectivity index (χ2v) is 18.7. The fourth-order valence-electron chi connectivity index (χ4n) is 10.1. The van der Waals surface area contributed by atoms with Crippen LogP contribution in [0.15, 0.2) is 46.0 Å². The first-order chi connectivity index (χ1) is 34.0. The van der Waals surface area contributed by atoms with Crippen LogP contribution in [0.5, 0.6) is 0 Å². The van der Waals surface area contributed by atoms with Crippen molar-refractivity contribution >= 4 is 62.3 Å². The number of halogens is 4. The van der Waals surface area contributed by atoms with Gasteiger partial charge in [-0.05, 0) is 105 Å². The number of cyclic esters (lactones) is 2. The third-order valence-electron chi connectivity index (χ3n) is 14.0. The van der Waals surface area contributed by atoms with E-state index in [-0.39, 0.29) is 89.5 Å². The number of unbranched alkanes of at least 4 members (excludes halogenated alkanes) is 3. The topological polar surface area (TPSA) is 163 Å². The van der Waals surface area contributed by atoms with E-state index in [0.29, 0.717) is 69.2 Å². The van der Waals surface area contributed by atoms with Crippen LogP contribution in [0.4, 0.5) is 13.2 Å². The Balaban J connectivity index is 0.000000213. The van der Waals surface area contributed by atoms with E-state index in [1.165, 1.54) is 12.1 Å². The number of aliphatic hydroxyl groups is 2. The molecule has 2 aromatic carbocycles. The Morgan fingerprint density at radius 1 is 0.690 bits per heavy atom. The van der Waals surface area contributed by atoms with Gasteiger partial charge < -0.3 is 41.4 Å². The number of pyridine rings is 4. The van der Waals surface area contributed by atoms with E-state index in [1.54, 1.807) is 55.2 Å². The van der Waals surface area contributed by atoms with Gasteiger partial charge in [-0.3, -0.25) is 14.0 Å². The largest absolute Gasteiger partial charge is 1.00 e. The zero-order chi connectivity index (χ0) is 51.7. The molecule has 6 aromatic rings. The summed E-state index contributed by atoms with van der Waals surface area (Å²) in [5, 5.41) is 24.8. The van der Waals surface area contributed by atoms with E-state index in [9.17, 15) is 42.6 Å². The first kappa shape index (κ1) is 54.4. The number of hydrogen-bond acceptors (Lipinski definition) is 11. The van der Waals surface area contributed by atoms with Gasteiger partial charge in [0, 0.05) is 50.5 Å². The molecular weight excluding hydrogens is 1010 g/mol. The average molecular weight is 1070 g/mol. The van der Waals surface area contributed by atoms with E-state index in [4.69, 9.17) is 20.8 Å². The molecule has 4 aromatic heterocycles. The summed E-state index contributed by atoms with van der Waals surface area (Å²) in [6, 6.07) is 9.97. The number of hydrogen-bond donors (Lipinski definition) is 2. The Morgan fingerprint density at radius 3 is 1.45 bits per heavy atom. The first-order valence-corrected chi connectivity index (χ1v) is 25.3. The smallest absolute Gasteiger partial charge is 0.796 e. The molecule has 0 saturated heterocycles. The number of alkyl halides is 2. The minimum atomic E-state index is -1.87. The molecule has 0 fully saturated rings. The minimum absolute atomic E-state index is 0. The Morgan fingerprint density at radius 2 is 1.08 bits per heavy atom. The molecule has 4 aliphatic heterocycles. The van der Waals surface area contributed by atoms with Crippen molar-refractivity contribution in [2.24, 2.45) is 0 Å². The normalized spacial score (nSPS) is 17.8. The van der Waals surface area contributed by atoms with Crippen LogP contribution in [0.2, 0.25) is 0 Å². The van der Waals surface area contributed by atoms with Gasteiger partial charge in [0.05, 0.1) is 66.5 Å². The predicted octanol–water partition coefficient (Wildman–Crippen LogP) is 6.26. The molecule has 0 radical (unpaired) electrons. The Kier molecular flexibility index (Phi) is 17.5. The fraction of sp³-hybridized carbons (Fsp3) is 0.434. The zero-order valence-electron chi connectivity index (χ0n) is 42.1. The number of carbonyl (C=O) groups is 2. The molecule has 0 aliphatic carbocycles. The van der Waals surface area contributed by atoms with Crippen LogP contribution in [0, 0.1) is 25.5 Å². The summed E-state index contributed by atoms with van der Waals surface area (Å²) in [4.78, 5) is 61.1. The van der Waals surface area contributed by atoms with Gasteiger partial charge in [-0.1, -0.05) is 49.5 Å². The van der Waals surface area contributed by atoms with Gasteiger partial charge in [-0.2, -0.15) is 6.26 Å². The van der Waals surface area contributed by atoms with Gasteiger partial charge in [0.15, 0.2) is 11.2 Å². The van der Waals surface area contributed by atoms with E-state index >= 15 is 0 Å². The van der Waals surface area contributed by atoms with Crippen LogP contribution >= 0.6 is 15.9 Å². The van der Waals surface area contributed by atoms with Crippen LogP contribution in [0.1, 0.15) is 123 Å². The van der Waals surface area contributed by atoms with Gasteiger partial charge in [0.2, 0.25) is 0 Å². The minimum Gasteiger partial charge on any atom is -0.796 e. The first-order valence-electron chi connectivity index (χ1n) is 24.1. The standard InChI is InChI=1S/C26H27FN2O4.C25H24BrFN2O4.CH3F.CH4S.Na/c1-4-6-7-8-15-16-9-14(3)20(27)11-21(16)28-23-17(15)12-29-22(23)10-19-18(24(29)30)13-33-25(31)26(19,32)5-2;1-3-25(32)18-9-21-22-16(11-29(21)23(30)17(18)12-33-24(25)31)14(6-4-5-7-26)15-8-13(2)19(27)10-20(15)28-22;2*1-2;/h9-11,32H,4-8,12-13H2,1-3H3;8-10,32H,3-7,11-12H2,1-2H3;1H3;2H,1H3;/q;;;;+1/p-1/t26-;25-;;;/m00.../s1/i;;1D;;. The number of carbonyl (C=O) groups excluding carboxylic acids is 2. The third kappa shape index (κ3) is 9.69. The van der Waals surface area contributed by atoms with Gasteiger partial charge in [-0.15, -0.1) is 0 Å². The Labute approximate surface area is 447 Å². The van der Waals surface area contributed by atoms with E-state index in [2.05, 4.69) is 35.5 Å². The number of rotatable bonds is 10. The summed E-state index contributed by atoms with van der Waals surface area (Å²) in [6.07, 6.45) is 8.41. The second kappa shape index (κ2) is 22.8. The Hall–Kier alpha value is -4.36. The predicted molar refractivity (Wildman–Crippen MR) is 269 cm³/mol. The van der Waals surface area contributed by atoms with Crippen LogP contribution in [-0.4, -0.2) is 60.0 Å². The maximum absolute atomic E-state index is 14.4. The molecule has 8 heterocycles. The van der Waals surface area contributed by atoms with Gasteiger partial charge in [0.25, 0.3) is 11.1 Å². The van der Waals surface area contributed by atoms with E-state index in [0.717, 1.165) is 83.3 Å². The zero-order valence-corrected chi connectivity index (χ0v) is 45.5. The summed E-state index contributed by atoms with van der Waals surface area (Å²) in [6.45, 7) is 9.36. The molecule has 12 nitrogen and oxygen atoms in total. The summed E-state index contributed by atoms with van der Waals surface area (Å²) in [5.74, 6) is -2.15. The molecule has 2 N–H and O–H groups in total. The quantitative estimate of drug-likeness (QED) is 0.0523. The number of esters is 2. The van der Waals surface area contributed by atoms with Crippen molar-refractivity contribution in [1.82, 2.24) is 19.1 Å². The molecule has 71 heavy (non-hydrogen) atoms. The number of ether oxygens (including phenoxy) is 2. The summed E-state index contributed by atoms with van der Waals surface area (Å²) >= 11 is 7.56. The van der Waals surface area contributed by atoms with Crippen LogP contribution in [0.3, 0.4) is 0 Å². The van der Waals surface area contributed by atoms with Crippen molar-refractivity contribution in [1.29, 1.82) is 0 Å². The SMILES string of the molecule is CCCCCc1c2c(nc3cc(F)c(C)cc13)-c1cc3c(c(=O)n1C2)COC(=O)[C@]3(O)CC.CC[C@@]1(O)C(=O)OCc2c1cc1n(c2=O)Cc2c-1nc1cc(F)c(C)cc1c2CCCCBr.C[S-].[2H]CF.[Na+]. The van der Waals surface area contributed by atoms with Crippen LogP contribution in [-0.2, 0) is 82.0 Å². The molecule has 0 bridgehead atoms. The summed E-state index contributed by atoms with van der Waals surface area (Å²) in [5.41, 5.74) is 5.42. The molecule has 372 valence electrons. The van der Waals surface area contributed by atoms with E-state index < -0.39 is 30.3 Å². The van der Waals surface area contributed by atoms with Crippen molar-refractivity contribution in [3.05, 3.63) is 124 Å². The molecule has 0 spiro atoms. The van der Waals surface area contributed by atoms with Gasteiger partial charge in [0.1, 0.15) is 24.8 Å². The monoisotopic (exact) mass is 1070 g/mol. The van der Waals surface area contributed by atoms with Crippen molar-refractivity contribution in [2.75, 3.05) is 18.7 Å². The molecule has 18 heteroatoms. The number of fused-ring (bicyclic) bond motifs is 10. The summed E-state index contributed by atoms with van der Waals surface area (Å²) in [7, 11) is -1.00. The maximum Gasteiger partial charge on any atom is 1.00 e. The third-order valence-corrected chi connectivity index (χ3v) is 14.6. The fourth-order valence-corrected chi connectivity index (χ4v) is 10.5. The van der Waals surface area contributed by atoms with Gasteiger partial charge in [-0.25, -0.2) is 28.3 Å². The molecule has 10 rings (SSSR count). The average Bonchev–Trinajstić information content (AvgIpc) is 3.92. The van der Waals surface area contributed by atoms with Crippen molar-refractivity contribution < 1.29 is 73.4 Å². The van der Waals surface area contributed by atoms with Gasteiger partial charge >= 0.3 is 41.5 Å². The molecule has 0 unspecified atom stereocenters. The van der Waals surface area contributed by atoms with E-state index in [1.807, 2.05) is 12.1 Å². The number of benzene rings is 2. The molecular formula is C53H57BrF3N4NaO8S. The summed E-state index contributed by atoms with van der Waals surface area (Å²) < 4.78 is 57.9. The van der Waals surface area contributed by atoms with Crippen LogP contribution in [0.25, 0.3) is 44.6 Å². The maximum atomic E-state index is 14.4. The molecule has 0 amide bonds. The number of nitrogens with zero attached hydrogens (tertiary/aromatic N) is 4. The second-order valence-electron chi connectivity index (χ2n) is 17.9. The Bertz CT molecular complexity index is 3020. The molecule has 2 atom stereocenters. The van der Waals surface area contributed by atoms with Crippen molar-refractivity contribution in [3.63, 3.8) is 0 Å². The van der Waals surface area contributed by atoms with Crippen molar-refractivity contribution in [2.45, 2.75) is 130 Å². The molecule has 4 aliphatic rings. The van der Waals surface area contributed by atoms with Crippen LogP contribution < -0.4 is 40.7 Å². The van der Waals surface area contributed by atoms with Crippen molar-refractivity contribution in [3.8, 4) is 22.8 Å². The number of aryl methyl sites for hydroxylation is 4.